The van der Waals surface area contributed by atoms with E-state index in [2.05, 4.69) is 55.2 Å². The van der Waals surface area contributed by atoms with Crippen LogP contribution in [0.15, 0.2) is 0 Å². The van der Waals surface area contributed by atoms with Crippen LogP contribution in [0.1, 0.15) is 117 Å². The second-order valence-corrected chi connectivity index (χ2v) is 36.9. The number of fused-ring (bicyclic) bond motifs is 2. The molecule has 0 unspecified atom stereocenters. The third kappa shape index (κ3) is 20.6. The molecule has 0 saturated carbocycles. The molecule has 0 fully saturated rings. The predicted octanol–water partition coefficient (Wildman–Crippen LogP) is 12.9. The molecule has 0 saturated heterocycles. The van der Waals surface area contributed by atoms with Gasteiger partial charge in [-0.05, 0) is 92.5 Å². The maximum atomic E-state index is 13.0. The SMILES string of the molecule is C.CC(C)OP(=O)(CBr)OC(C)C.COc1c(C)c2c(c(OCC[Si](C)(C)C)c1CCO)C(=O)OC2.COc1c(C)c2c(c(OCC[Si](C)(C)C)c1CCOCP(=O)(OC(C)C)OC(C)C)C(=O)OC2. The molecule has 21 heteroatoms. The van der Waals surface area contributed by atoms with Crippen LogP contribution in [0.25, 0.3) is 0 Å². The maximum absolute atomic E-state index is 13.0. The zero-order valence-corrected chi connectivity index (χ0v) is 50.0. The minimum atomic E-state index is -3.41. The van der Waals surface area contributed by atoms with Crippen LogP contribution in [0.5, 0.6) is 23.0 Å². The fourth-order valence-electron chi connectivity index (χ4n) is 7.25. The molecule has 0 atom stereocenters. The van der Waals surface area contributed by atoms with Gasteiger partial charge in [0.05, 0.1) is 58.5 Å². The van der Waals surface area contributed by atoms with Gasteiger partial charge in [-0.25, -0.2) is 9.59 Å². The van der Waals surface area contributed by atoms with Crippen molar-refractivity contribution >= 4 is 59.2 Å². The van der Waals surface area contributed by atoms with Gasteiger partial charge in [-0.3, -0.25) is 9.13 Å². The Morgan fingerprint density at radius 1 is 0.600 bits per heavy atom. The van der Waals surface area contributed by atoms with Crippen molar-refractivity contribution in [2.75, 3.05) is 52.1 Å². The summed E-state index contributed by atoms with van der Waals surface area (Å²) in [6.45, 7) is 33.7. The molecule has 0 amide bonds. The van der Waals surface area contributed by atoms with Gasteiger partial charge < -0.3 is 56.4 Å². The minimum absolute atomic E-state index is 0. The van der Waals surface area contributed by atoms with Crippen molar-refractivity contribution in [2.24, 2.45) is 0 Å². The summed E-state index contributed by atoms with van der Waals surface area (Å²) in [5.41, 5.74) is 5.84. The number of ether oxygens (including phenoxy) is 7. The lowest BCUT2D eigenvalue weighted by atomic mass is 9.95. The number of benzene rings is 2. The summed E-state index contributed by atoms with van der Waals surface area (Å²) < 4.78 is 86.0. The lowest BCUT2D eigenvalue weighted by Gasteiger charge is -2.23. The maximum Gasteiger partial charge on any atom is 0.356 e. The van der Waals surface area contributed by atoms with Gasteiger partial charge in [0.25, 0.3) is 0 Å². The quantitative estimate of drug-likeness (QED) is 0.0307. The first kappa shape index (κ1) is 65.7. The van der Waals surface area contributed by atoms with Crippen LogP contribution in [-0.2, 0) is 67.5 Å². The smallest absolute Gasteiger partial charge is 0.356 e. The first-order valence-electron chi connectivity index (χ1n) is 23.7. The molecule has 16 nitrogen and oxygen atoms in total. The lowest BCUT2D eigenvalue weighted by molar-refractivity contribution is 0.0522. The Balaban J connectivity index is 0.000000585. The molecule has 1 N–H and O–H groups in total. The van der Waals surface area contributed by atoms with E-state index >= 15 is 0 Å². The van der Waals surface area contributed by atoms with Gasteiger partial charge >= 0.3 is 27.1 Å². The van der Waals surface area contributed by atoms with Crippen molar-refractivity contribution in [3.63, 3.8) is 0 Å². The molecule has 2 aromatic rings. The monoisotopic (exact) mass is 1130 g/mol. The highest BCUT2D eigenvalue weighted by molar-refractivity contribution is 9.10. The Morgan fingerprint density at radius 3 is 1.27 bits per heavy atom. The van der Waals surface area contributed by atoms with E-state index in [1.807, 2.05) is 41.5 Å². The van der Waals surface area contributed by atoms with Crippen molar-refractivity contribution in [3.8, 4) is 23.0 Å². The Bertz CT molecular complexity index is 2070. The lowest BCUT2D eigenvalue weighted by Crippen LogP contribution is -2.23. The van der Waals surface area contributed by atoms with Gasteiger partial charge in [-0.2, -0.15) is 0 Å². The van der Waals surface area contributed by atoms with Crippen LogP contribution >= 0.6 is 31.1 Å². The van der Waals surface area contributed by atoms with Crippen molar-refractivity contribution in [1.29, 1.82) is 0 Å². The molecule has 404 valence electrons. The number of aliphatic hydroxyl groups is 1. The molecule has 0 bridgehead atoms. The van der Waals surface area contributed by atoms with Crippen LogP contribution < -0.4 is 18.9 Å². The van der Waals surface area contributed by atoms with E-state index in [-0.39, 0.29) is 81.6 Å². The van der Waals surface area contributed by atoms with E-state index in [1.165, 1.54) is 0 Å². The van der Waals surface area contributed by atoms with Crippen molar-refractivity contribution in [2.45, 2.75) is 179 Å². The molecule has 2 aliphatic rings. The number of hydrogen-bond donors (Lipinski definition) is 1. The topological polar surface area (TPSA) is 190 Å². The van der Waals surface area contributed by atoms with E-state index in [0.29, 0.717) is 60.2 Å². The second-order valence-electron chi connectivity index (χ2n) is 20.3. The predicted molar refractivity (Wildman–Crippen MR) is 287 cm³/mol. The summed E-state index contributed by atoms with van der Waals surface area (Å²) >= 11 is 3.12. The molecular formula is C49H87BrO16P2Si2. The van der Waals surface area contributed by atoms with Crippen LogP contribution in [0.4, 0.5) is 0 Å². The minimum Gasteiger partial charge on any atom is -0.496 e. The molecule has 0 aliphatic carbocycles. The van der Waals surface area contributed by atoms with Crippen molar-refractivity contribution < 1.29 is 75.1 Å². The molecule has 2 aliphatic heterocycles. The summed E-state index contributed by atoms with van der Waals surface area (Å²) in [6.07, 6.45) is -0.0544. The van der Waals surface area contributed by atoms with Gasteiger partial charge in [-0.15, -0.1) is 0 Å². The van der Waals surface area contributed by atoms with E-state index in [9.17, 15) is 23.8 Å². The van der Waals surface area contributed by atoms with E-state index in [0.717, 1.165) is 45.5 Å². The Hall–Kier alpha value is -2.29. The molecule has 0 aromatic heterocycles. The number of methoxy groups -OCH3 is 2. The average Bonchev–Trinajstić information content (AvgIpc) is 3.80. The van der Waals surface area contributed by atoms with Crippen molar-refractivity contribution in [3.05, 3.63) is 44.5 Å². The summed E-state index contributed by atoms with van der Waals surface area (Å²) in [4.78, 5) is 24.7. The van der Waals surface area contributed by atoms with Gasteiger partial charge in [0.2, 0.25) is 0 Å². The standard InChI is InChI=1S/C24H41O8PSi.C17H26O5Si.C7H16BrO3P.CH4/c1-16(2)31-33(26,32-17(3)4)15-28-11-10-19-22(27-6)18(5)20-14-30-24(25)21(20)23(19)29-12-13-34(7,8)9;1-11-13-10-22-17(19)14(13)16(21-8-9-23(3,4)5)12(6-7-18)15(11)20-2;1-6(2)10-12(9,5-8)11-7(3)4;/h16-17H,10-15H2,1-9H3;18H,6-10H2,1-5H3;6-7H,5H2,1-4H3;1H4. The fraction of sp³-hybridized carbons (Fsp3) is 0.714. The van der Waals surface area contributed by atoms with Crippen LogP contribution in [0.3, 0.4) is 0 Å². The largest absolute Gasteiger partial charge is 0.496 e. The number of rotatable bonds is 26. The number of esters is 2. The molecule has 0 spiro atoms. The van der Waals surface area contributed by atoms with Crippen LogP contribution in [-0.4, -0.2) is 110 Å². The molecule has 70 heavy (non-hydrogen) atoms. The third-order valence-corrected chi connectivity index (χ3v) is 19.2. The Morgan fingerprint density at radius 2 is 0.957 bits per heavy atom. The zero-order valence-electron chi connectivity index (χ0n) is 44.6. The number of hydrogen-bond acceptors (Lipinski definition) is 16. The number of alkyl halides is 1. The molecule has 4 rings (SSSR count). The molecule has 2 aromatic carbocycles. The normalized spacial score (nSPS) is 13.5. The molecular weight excluding hydrogens is 1040 g/mol. The van der Waals surface area contributed by atoms with Crippen LogP contribution in [0.2, 0.25) is 51.4 Å². The first-order chi connectivity index (χ1) is 32.0. The fourth-order valence-corrected chi connectivity index (χ4v) is 12.6. The first-order valence-corrected chi connectivity index (χ1v) is 35.7. The third-order valence-electron chi connectivity index (χ3n) is 10.2. The van der Waals surface area contributed by atoms with Gasteiger partial charge in [-0.1, -0.05) is 62.6 Å². The summed E-state index contributed by atoms with van der Waals surface area (Å²) in [5.74, 6) is 1.63. The van der Waals surface area contributed by atoms with Crippen molar-refractivity contribution in [1.82, 2.24) is 0 Å². The Labute approximate surface area is 430 Å². The summed E-state index contributed by atoms with van der Waals surface area (Å²) in [6, 6.07) is 1.94. The highest BCUT2D eigenvalue weighted by Gasteiger charge is 2.36. The number of aliphatic hydroxyl groups excluding tert-OH is 1. The second kappa shape index (κ2) is 29.6. The summed E-state index contributed by atoms with van der Waals surface area (Å²) in [5, 5.41) is 9.65. The van der Waals surface area contributed by atoms with Crippen LogP contribution in [0, 0.1) is 13.8 Å². The number of carbonyl (C=O) groups excluding carboxylic acids is 2. The van der Waals surface area contributed by atoms with Gasteiger partial charge in [0.1, 0.15) is 58.8 Å². The highest BCUT2D eigenvalue weighted by atomic mass is 79.9. The number of halogens is 1. The average molecular weight is 1130 g/mol. The zero-order chi connectivity index (χ0) is 52.7. The van der Waals surface area contributed by atoms with E-state index in [4.69, 9.17) is 51.3 Å². The van der Waals surface area contributed by atoms with E-state index < -0.39 is 31.3 Å². The number of carbonyl (C=O) groups is 2. The summed E-state index contributed by atoms with van der Waals surface area (Å²) in [7, 11) is -5.69. The highest BCUT2D eigenvalue weighted by Crippen LogP contribution is 2.52. The van der Waals surface area contributed by atoms with Gasteiger partial charge in [0.15, 0.2) is 0 Å². The molecule has 0 radical (unpaired) electrons. The molecule has 2 heterocycles. The van der Waals surface area contributed by atoms with Gasteiger partial charge in [0, 0.05) is 57.9 Å². The van der Waals surface area contributed by atoms with E-state index in [1.54, 1.807) is 41.9 Å². The Kier molecular flexibility index (Phi) is 27.8. The number of cyclic esters (lactones) is 2.